The molecule has 1 unspecified atom stereocenters. The van der Waals surface area contributed by atoms with Gasteiger partial charge in [0.15, 0.2) is 0 Å². The van der Waals surface area contributed by atoms with Gasteiger partial charge in [-0.05, 0) is 0 Å². The van der Waals surface area contributed by atoms with E-state index in [1.165, 1.54) is 0 Å². The molecule has 12 heavy (non-hydrogen) atoms. The van der Waals surface area contributed by atoms with Crippen molar-refractivity contribution in [2.24, 2.45) is 0 Å². The number of aliphatic hydroxyl groups is 1. The quantitative estimate of drug-likeness (QED) is 0.374. The highest BCUT2D eigenvalue weighted by Crippen LogP contribution is 2.15. The Kier molecular flexibility index (Phi) is 1.31. The number of hydrogen-bond acceptors (Lipinski definition) is 4. The van der Waals surface area contributed by atoms with Crippen LogP contribution < -0.4 is 16.6 Å². The topological polar surface area (TPSA) is 98.0 Å². The molecule has 0 aliphatic carbocycles. The summed E-state index contributed by atoms with van der Waals surface area (Å²) in [5.41, 5.74) is -0.625. The zero-order valence-corrected chi connectivity index (χ0v) is 6.05. The Morgan fingerprint density at radius 2 is 2.08 bits per heavy atom. The normalized spacial score (nSPS) is 20.2. The highest BCUT2D eigenvalue weighted by atomic mass is 16.3. The zero-order chi connectivity index (χ0) is 8.72. The standard InChI is InChI=1S/C6H7N3O3/c10-3-1-2-4(7-3)8-6(12)9-5(2)11/h3,10H,1H2,(H3,7,8,9,11,12). The van der Waals surface area contributed by atoms with E-state index >= 15 is 0 Å². The van der Waals surface area contributed by atoms with E-state index in [9.17, 15) is 9.59 Å². The molecule has 0 saturated carbocycles. The van der Waals surface area contributed by atoms with Crippen molar-refractivity contribution in [3.63, 3.8) is 0 Å². The number of aromatic nitrogens is 2. The summed E-state index contributed by atoms with van der Waals surface area (Å²) in [5, 5.41) is 11.6. The first-order valence-corrected chi connectivity index (χ1v) is 3.47. The number of aliphatic hydroxyl groups excluding tert-OH is 1. The molecule has 0 aromatic carbocycles. The molecule has 0 spiro atoms. The van der Waals surface area contributed by atoms with Crippen LogP contribution in [-0.4, -0.2) is 21.3 Å². The second-order valence-electron chi connectivity index (χ2n) is 2.63. The van der Waals surface area contributed by atoms with Crippen molar-refractivity contribution >= 4 is 5.82 Å². The van der Waals surface area contributed by atoms with Gasteiger partial charge in [-0.2, -0.15) is 0 Å². The second-order valence-corrected chi connectivity index (χ2v) is 2.63. The van der Waals surface area contributed by atoms with Crippen LogP contribution in [-0.2, 0) is 6.42 Å². The summed E-state index contributed by atoms with van der Waals surface area (Å²) >= 11 is 0. The molecule has 0 saturated heterocycles. The van der Waals surface area contributed by atoms with Gasteiger partial charge in [-0.1, -0.05) is 0 Å². The van der Waals surface area contributed by atoms with Gasteiger partial charge in [-0.25, -0.2) is 4.79 Å². The van der Waals surface area contributed by atoms with Gasteiger partial charge >= 0.3 is 5.69 Å². The number of aromatic amines is 2. The van der Waals surface area contributed by atoms with Gasteiger partial charge < -0.3 is 10.4 Å². The highest BCUT2D eigenvalue weighted by Gasteiger charge is 2.21. The van der Waals surface area contributed by atoms with Crippen molar-refractivity contribution in [3.8, 4) is 0 Å². The lowest BCUT2D eigenvalue weighted by Crippen LogP contribution is -2.24. The zero-order valence-electron chi connectivity index (χ0n) is 6.05. The Labute approximate surface area is 66.3 Å². The summed E-state index contributed by atoms with van der Waals surface area (Å²) in [7, 11) is 0. The average molecular weight is 169 g/mol. The van der Waals surface area contributed by atoms with Crippen molar-refractivity contribution in [2.75, 3.05) is 5.32 Å². The Hall–Kier alpha value is -1.56. The number of nitrogens with one attached hydrogen (secondary N) is 3. The second kappa shape index (κ2) is 2.21. The number of H-pyrrole nitrogens is 2. The van der Waals surface area contributed by atoms with E-state index in [0.29, 0.717) is 11.4 Å². The predicted molar refractivity (Wildman–Crippen MR) is 41.0 cm³/mol. The molecular weight excluding hydrogens is 162 g/mol. The molecule has 1 aliphatic heterocycles. The third-order valence-electron chi connectivity index (χ3n) is 1.75. The van der Waals surface area contributed by atoms with Crippen LogP contribution >= 0.6 is 0 Å². The Morgan fingerprint density at radius 3 is 2.83 bits per heavy atom. The van der Waals surface area contributed by atoms with Gasteiger partial charge in [0.2, 0.25) is 0 Å². The number of rotatable bonds is 0. The van der Waals surface area contributed by atoms with Gasteiger partial charge in [0.05, 0.1) is 5.56 Å². The molecule has 0 bridgehead atoms. The summed E-state index contributed by atoms with van der Waals surface area (Å²) < 4.78 is 0. The van der Waals surface area contributed by atoms with Gasteiger partial charge in [0.1, 0.15) is 12.0 Å². The lowest BCUT2D eigenvalue weighted by atomic mass is 10.2. The van der Waals surface area contributed by atoms with Gasteiger partial charge in [-0.15, -0.1) is 0 Å². The molecule has 0 fully saturated rings. The van der Waals surface area contributed by atoms with Gasteiger partial charge in [0, 0.05) is 6.42 Å². The minimum atomic E-state index is -0.779. The van der Waals surface area contributed by atoms with Crippen LogP contribution in [0.1, 0.15) is 5.56 Å². The maximum atomic E-state index is 11.1. The Balaban J connectivity index is 2.68. The average Bonchev–Trinajstić information content (AvgIpc) is 2.29. The molecule has 6 heteroatoms. The fourth-order valence-electron chi connectivity index (χ4n) is 1.24. The summed E-state index contributed by atoms with van der Waals surface area (Å²) in [6.07, 6.45) is -0.555. The molecule has 4 N–H and O–H groups in total. The summed E-state index contributed by atoms with van der Waals surface area (Å²) in [6, 6.07) is 0. The third kappa shape index (κ3) is 0.928. The van der Waals surface area contributed by atoms with E-state index in [-0.39, 0.29) is 6.42 Å². The maximum Gasteiger partial charge on any atom is 0.327 e. The molecule has 2 heterocycles. The van der Waals surface area contributed by atoms with E-state index in [2.05, 4.69) is 15.3 Å². The predicted octanol–water partition coefficient (Wildman–Crippen LogP) is -1.65. The Bertz CT molecular complexity index is 419. The largest absolute Gasteiger partial charge is 0.373 e. The van der Waals surface area contributed by atoms with Crippen molar-refractivity contribution in [1.82, 2.24) is 9.97 Å². The first kappa shape index (κ1) is 7.11. The number of anilines is 1. The van der Waals surface area contributed by atoms with Crippen LogP contribution in [0.15, 0.2) is 9.59 Å². The lowest BCUT2D eigenvalue weighted by molar-refractivity contribution is 0.212. The van der Waals surface area contributed by atoms with Crippen molar-refractivity contribution in [3.05, 3.63) is 26.4 Å². The summed E-state index contributed by atoms with van der Waals surface area (Å²) in [6.45, 7) is 0. The molecule has 1 aromatic rings. The maximum absolute atomic E-state index is 11.1. The highest BCUT2D eigenvalue weighted by molar-refractivity contribution is 5.47. The molecule has 64 valence electrons. The Morgan fingerprint density at radius 1 is 1.33 bits per heavy atom. The monoisotopic (exact) mass is 169 g/mol. The SMILES string of the molecule is O=c1[nH]c2c(c(=O)[nH]1)CC(O)N2. The first-order valence-electron chi connectivity index (χ1n) is 3.47. The lowest BCUT2D eigenvalue weighted by Gasteiger charge is -1.99. The minimum absolute atomic E-state index is 0.224. The molecule has 2 rings (SSSR count). The van der Waals surface area contributed by atoms with Gasteiger partial charge in [0.25, 0.3) is 5.56 Å². The first-order chi connectivity index (χ1) is 5.66. The smallest absolute Gasteiger partial charge is 0.327 e. The van der Waals surface area contributed by atoms with E-state index in [4.69, 9.17) is 5.11 Å². The van der Waals surface area contributed by atoms with Crippen molar-refractivity contribution in [1.29, 1.82) is 0 Å². The van der Waals surface area contributed by atoms with E-state index in [1.807, 2.05) is 0 Å². The van der Waals surface area contributed by atoms with Crippen LogP contribution in [0.3, 0.4) is 0 Å². The van der Waals surface area contributed by atoms with Crippen LogP contribution in [0.5, 0.6) is 0 Å². The van der Waals surface area contributed by atoms with Crippen molar-refractivity contribution in [2.45, 2.75) is 12.6 Å². The summed E-state index contributed by atoms with van der Waals surface area (Å²) in [5.74, 6) is 0.316. The fourth-order valence-corrected chi connectivity index (χ4v) is 1.24. The molecule has 6 nitrogen and oxygen atoms in total. The molecular formula is C6H7N3O3. The number of hydrogen-bond donors (Lipinski definition) is 4. The number of fused-ring (bicyclic) bond motifs is 1. The van der Waals surface area contributed by atoms with E-state index in [0.717, 1.165) is 0 Å². The van der Waals surface area contributed by atoms with Gasteiger partial charge in [-0.3, -0.25) is 14.8 Å². The molecule has 1 aliphatic rings. The summed E-state index contributed by atoms with van der Waals surface area (Å²) in [4.78, 5) is 26.2. The molecule has 0 amide bonds. The van der Waals surface area contributed by atoms with E-state index < -0.39 is 17.5 Å². The minimum Gasteiger partial charge on any atom is -0.373 e. The van der Waals surface area contributed by atoms with Crippen LogP contribution in [0.4, 0.5) is 5.82 Å². The molecule has 1 atom stereocenters. The van der Waals surface area contributed by atoms with Crippen LogP contribution in [0.2, 0.25) is 0 Å². The molecule has 1 aromatic heterocycles. The molecule has 0 radical (unpaired) electrons. The van der Waals surface area contributed by atoms with Crippen LogP contribution in [0, 0.1) is 0 Å². The van der Waals surface area contributed by atoms with Crippen molar-refractivity contribution < 1.29 is 5.11 Å². The fraction of sp³-hybridized carbons (Fsp3) is 0.333. The van der Waals surface area contributed by atoms with E-state index in [1.54, 1.807) is 0 Å². The van der Waals surface area contributed by atoms with Crippen LogP contribution in [0.25, 0.3) is 0 Å². The third-order valence-corrected chi connectivity index (χ3v) is 1.75.